The lowest BCUT2D eigenvalue weighted by molar-refractivity contribution is 0.0213. The van der Waals surface area contributed by atoms with Crippen molar-refractivity contribution in [2.24, 2.45) is 0 Å². The van der Waals surface area contributed by atoms with Gasteiger partial charge in [0.1, 0.15) is 11.2 Å². The molecule has 2 amide bonds. The number of anilines is 1. The molecule has 214 valence electrons. The SMILES string of the molecule is CC(C)(C)OC(=O)N1CCC(S(=O)(=O)c2ccc(N3CCN(C(=O)OC(C)(C)C)CC3)c3ccccc23)CC1. The van der Waals surface area contributed by atoms with E-state index in [4.69, 9.17) is 9.47 Å². The number of sulfone groups is 1. The Morgan fingerprint density at radius 3 is 1.72 bits per heavy atom. The topological polar surface area (TPSA) is 96.5 Å². The molecule has 0 aliphatic carbocycles. The largest absolute Gasteiger partial charge is 0.444 e. The number of likely N-dealkylation sites (tertiary alicyclic amines) is 1. The maximum atomic E-state index is 13.8. The van der Waals surface area contributed by atoms with Gasteiger partial charge in [-0.15, -0.1) is 0 Å². The molecule has 2 heterocycles. The number of hydrogen-bond acceptors (Lipinski definition) is 7. The van der Waals surface area contributed by atoms with E-state index in [0.717, 1.165) is 11.1 Å². The molecule has 2 aromatic rings. The van der Waals surface area contributed by atoms with Crippen LogP contribution >= 0.6 is 0 Å². The number of carbonyl (C=O) groups is 2. The van der Waals surface area contributed by atoms with Gasteiger partial charge in [-0.2, -0.15) is 0 Å². The van der Waals surface area contributed by atoms with Crippen molar-refractivity contribution in [3.63, 3.8) is 0 Å². The normalized spacial score (nSPS) is 17.8. The molecule has 0 aromatic heterocycles. The van der Waals surface area contributed by atoms with Crippen molar-refractivity contribution in [1.82, 2.24) is 9.80 Å². The molecule has 0 radical (unpaired) electrons. The lowest BCUT2D eigenvalue weighted by Crippen LogP contribution is -2.50. The molecule has 2 saturated heterocycles. The molecule has 2 aliphatic heterocycles. The number of rotatable bonds is 3. The molecule has 0 unspecified atom stereocenters. The second-order valence-corrected chi connectivity index (χ2v) is 14.5. The van der Waals surface area contributed by atoms with Crippen molar-refractivity contribution >= 4 is 38.5 Å². The number of carbonyl (C=O) groups excluding carboxylic acids is 2. The summed E-state index contributed by atoms with van der Waals surface area (Å²) in [5.41, 5.74) is -0.186. The summed E-state index contributed by atoms with van der Waals surface area (Å²) in [5.74, 6) is 0. The third-order valence-electron chi connectivity index (χ3n) is 6.97. The molecule has 9 nitrogen and oxygen atoms in total. The average molecular weight is 560 g/mol. The van der Waals surface area contributed by atoms with Gasteiger partial charge < -0.3 is 24.2 Å². The molecular formula is C29H41N3O6S. The maximum Gasteiger partial charge on any atom is 0.410 e. The molecule has 39 heavy (non-hydrogen) atoms. The van der Waals surface area contributed by atoms with Crippen LogP contribution < -0.4 is 4.90 Å². The number of hydrogen-bond donors (Lipinski definition) is 0. The van der Waals surface area contributed by atoms with Crippen LogP contribution in [0.1, 0.15) is 54.4 Å². The molecule has 0 atom stereocenters. The van der Waals surface area contributed by atoms with E-state index >= 15 is 0 Å². The lowest BCUT2D eigenvalue weighted by atomic mass is 10.1. The third kappa shape index (κ3) is 6.77. The van der Waals surface area contributed by atoms with Crippen molar-refractivity contribution < 1.29 is 27.5 Å². The van der Waals surface area contributed by atoms with Crippen LogP contribution in [-0.2, 0) is 19.3 Å². The van der Waals surface area contributed by atoms with Gasteiger partial charge in [-0.25, -0.2) is 18.0 Å². The Bertz CT molecular complexity index is 1310. The van der Waals surface area contributed by atoms with Gasteiger partial charge in [0.05, 0.1) is 10.1 Å². The Balaban J connectivity index is 1.50. The van der Waals surface area contributed by atoms with Crippen molar-refractivity contribution in [3.8, 4) is 0 Å². The fourth-order valence-corrected chi connectivity index (χ4v) is 7.02. The highest BCUT2D eigenvalue weighted by atomic mass is 32.2. The Morgan fingerprint density at radius 1 is 0.718 bits per heavy atom. The molecule has 0 saturated carbocycles. The van der Waals surface area contributed by atoms with Gasteiger partial charge >= 0.3 is 12.2 Å². The monoisotopic (exact) mass is 559 g/mol. The highest BCUT2D eigenvalue weighted by molar-refractivity contribution is 7.92. The number of piperidine rings is 1. The molecule has 0 bridgehead atoms. The van der Waals surface area contributed by atoms with Crippen LogP contribution in [0.15, 0.2) is 41.3 Å². The third-order valence-corrected chi connectivity index (χ3v) is 9.29. The van der Waals surface area contributed by atoms with Crippen LogP contribution in [-0.4, -0.2) is 86.1 Å². The Morgan fingerprint density at radius 2 is 1.21 bits per heavy atom. The van der Waals surface area contributed by atoms with E-state index in [1.165, 1.54) is 0 Å². The Hall–Kier alpha value is -3.01. The van der Waals surface area contributed by atoms with Gasteiger partial charge in [0.25, 0.3) is 0 Å². The summed E-state index contributed by atoms with van der Waals surface area (Å²) in [4.78, 5) is 30.8. The minimum absolute atomic E-state index is 0.314. The molecule has 4 rings (SSSR count). The van der Waals surface area contributed by atoms with Crippen molar-refractivity contribution in [3.05, 3.63) is 36.4 Å². The van der Waals surface area contributed by atoms with E-state index in [9.17, 15) is 18.0 Å². The van der Waals surface area contributed by atoms with E-state index in [1.54, 1.807) is 15.9 Å². The van der Waals surface area contributed by atoms with Gasteiger partial charge in [-0.05, 0) is 66.5 Å². The number of fused-ring (bicyclic) bond motifs is 1. The quantitative estimate of drug-likeness (QED) is 0.518. The highest BCUT2D eigenvalue weighted by Crippen LogP contribution is 2.36. The molecular weight excluding hydrogens is 518 g/mol. The van der Waals surface area contributed by atoms with Crippen molar-refractivity contribution in [2.45, 2.75) is 75.7 Å². The smallest absolute Gasteiger partial charge is 0.410 e. The summed E-state index contributed by atoms with van der Waals surface area (Å²) >= 11 is 0. The standard InChI is InChI=1S/C29H41N3O6S/c1-28(2,3)37-26(33)31-15-13-21(14-16-31)39(35,36)25-12-11-24(22-9-7-8-10-23(22)25)30-17-19-32(20-18-30)27(34)38-29(4,5)6/h7-12,21H,13-20H2,1-6H3. The van der Waals surface area contributed by atoms with Crippen LogP contribution in [0.2, 0.25) is 0 Å². The second kappa shape index (κ2) is 10.9. The molecule has 2 aliphatic rings. The predicted molar refractivity (Wildman–Crippen MR) is 152 cm³/mol. The number of piperazine rings is 1. The fraction of sp³-hybridized carbons (Fsp3) is 0.586. The van der Waals surface area contributed by atoms with Crippen molar-refractivity contribution in [2.75, 3.05) is 44.2 Å². The first-order chi connectivity index (χ1) is 18.2. The molecule has 2 fully saturated rings. The average Bonchev–Trinajstić information content (AvgIpc) is 2.86. The number of amides is 2. The van der Waals surface area contributed by atoms with Crippen LogP contribution in [0.5, 0.6) is 0 Å². The van der Waals surface area contributed by atoms with Crippen molar-refractivity contribution in [1.29, 1.82) is 0 Å². The first-order valence-electron chi connectivity index (χ1n) is 13.6. The van der Waals surface area contributed by atoms with Gasteiger partial charge in [0, 0.05) is 55.7 Å². The van der Waals surface area contributed by atoms with E-state index < -0.39 is 32.4 Å². The van der Waals surface area contributed by atoms with E-state index in [1.807, 2.05) is 71.9 Å². The number of nitrogens with zero attached hydrogens (tertiary/aromatic N) is 3. The van der Waals surface area contributed by atoms with Gasteiger partial charge in [0.2, 0.25) is 0 Å². The fourth-order valence-electron chi connectivity index (χ4n) is 5.09. The van der Waals surface area contributed by atoms with Crippen LogP contribution in [0, 0.1) is 0 Å². The first kappa shape index (κ1) is 29.0. The summed E-state index contributed by atoms with van der Waals surface area (Å²) in [7, 11) is -3.62. The highest BCUT2D eigenvalue weighted by Gasteiger charge is 2.35. The summed E-state index contributed by atoms with van der Waals surface area (Å²) in [5, 5.41) is 0.998. The summed E-state index contributed by atoms with van der Waals surface area (Å²) in [6.07, 6.45) is 0.0141. The first-order valence-corrected chi connectivity index (χ1v) is 15.2. The maximum absolute atomic E-state index is 13.8. The minimum Gasteiger partial charge on any atom is -0.444 e. The van der Waals surface area contributed by atoms with E-state index in [-0.39, 0.29) is 6.09 Å². The zero-order valence-electron chi connectivity index (χ0n) is 23.9. The zero-order chi connectivity index (χ0) is 28.6. The van der Waals surface area contributed by atoms with E-state index in [0.29, 0.717) is 62.4 Å². The molecule has 2 aromatic carbocycles. The summed E-state index contributed by atoms with van der Waals surface area (Å²) in [6.45, 7) is 14.0. The Kier molecular flexibility index (Phi) is 8.08. The van der Waals surface area contributed by atoms with Crippen LogP contribution in [0.25, 0.3) is 10.8 Å². The molecule has 0 N–H and O–H groups in total. The predicted octanol–water partition coefficient (Wildman–Crippen LogP) is 5.07. The van der Waals surface area contributed by atoms with Crippen LogP contribution in [0.3, 0.4) is 0 Å². The zero-order valence-corrected chi connectivity index (χ0v) is 24.7. The number of benzene rings is 2. The molecule has 10 heteroatoms. The van der Waals surface area contributed by atoms with Crippen LogP contribution in [0.4, 0.5) is 15.3 Å². The van der Waals surface area contributed by atoms with E-state index in [2.05, 4.69) is 4.90 Å². The minimum atomic E-state index is -3.62. The molecule has 0 spiro atoms. The van der Waals surface area contributed by atoms with Gasteiger partial charge in [-0.1, -0.05) is 24.3 Å². The van der Waals surface area contributed by atoms with Gasteiger partial charge in [0.15, 0.2) is 9.84 Å². The Labute approximate surface area is 231 Å². The second-order valence-electron chi connectivity index (χ2n) is 12.3. The van der Waals surface area contributed by atoms with Gasteiger partial charge in [-0.3, -0.25) is 0 Å². The lowest BCUT2D eigenvalue weighted by Gasteiger charge is -2.37. The summed E-state index contributed by atoms with van der Waals surface area (Å²) in [6, 6.07) is 11.2. The number of ether oxygens (including phenoxy) is 2. The summed E-state index contributed by atoms with van der Waals surface area (Å²) < 4.78 is 38.6.